The summed E-state index contributed by atoms with van der Waals surface area (Å²) in [6, 6.07) is 10.7. The number of nitrogens with zero attached hydrogens (tertiary/aromatic N) is 3. The van der Waals surface area contributed by atoms with Gasteiger partial charge < -0.3 is 9.64 Å². The van der Waals surface area contributed by atoms with E-state index in [1.807, 2.05) is 24.0 Å². The lowest BCUT2D eigenvalue weighted by atomic mass is 10.1. The number of amides is 1. The maximum atomic E-state index is 12.4. The highest BCUT2D eigenvalue weighted by Crippen LogP contribution is 2.19. The molecule has 23 heavy (non-hydrogen) atoms. The summed E-state index contributed by atoms with van der Waals surface area (Å²) in [5.41, 5.74) is 1.53. The van der Waals surface area contributed by atoms with Gasteiger partial charge in [-0.1, -0.05) is 11.6 Å². The van der Waals surface area contributed by atoms with Crippen LogP contribution in [-0.4, -0.2) is 40.2 Å². The number of benzene rings is 1. The minimum absolute atomic E-state index is 0.0373. The molecular weight excluding hydrogens is 314 g/mol. The van der Waals surface area contributed by atoms with E-state index in [-0.39, 0.29) is 12.0 Å². The topological polar surface area (TPSA) is 55.3 Å². The Morgan fingerprint density at radius 2 is 1.83 bits per heavy atom. The Morgan fingerprint density at radius 3 is 2.43 bits per heavy atom. The summed E-state index contributed by atoms with van der Waals surface area (Å²) >= 11 is 5.86. The number of ether oxygens (including phenoxy) is 1. The van der Waals surface area contributed by atoms with Crippen molar-refractivity contribution in [2.75, 3.05) is 13.1 Å². The maximum absolute atomic E-state index is 12.4. The van der Waals surface area contributed by atoms with Crippen LogP contribution in [0.2, 0.25) is 5.02 Å². The number of carbonyl (C=O) groups is 1. The third kappa shape index (κ3) is 3.99. The number of halogens is 1. The average Bonchev–Trinajstić information content (AvgIpc) is 2.58. The number of hydrogen-bond acceptors (Lipinski definition) is 4. The third-order valence-electron chi connectivity index (χ3n) is 3.88. The zero-order valence-electron chi connectivity index (χ0n) is 12.9. The fraction of sp³-hybridized carbons (Fsp3) is 0.353. The highest BCUT2D eigenvalue weighted by molar-refractivity contribution is 6.30. The summed E-state index contributed by atoms with van der Waals surface area (Å²) in [5, 5.41) is 8.63. The van der Waals surface area contributed by atoms with Crippen molar-refractivity contribution in [2.24, 2.45) is 0 Å². The van der Waals surface area contributed by atoms with Crippen LogP contribution in [-0.2, 0) is 0 Å². The summed E-state index contributed by atoms with van der Waals surface area (Å²) < 4.78 is 5.83. The molecule has 120 valence electrons. The second-order valence-electron chi connectivity index (χ2n) is 5.63. The van der Waals surface area contributed by atoms with Crippen molar-refractivity contribution in [1.82, 2.24) is 15.1 Å². The van der Waals surface area contributed by atoms with Crippen molar-refractivity contribution >= 4 is 17.5 Å². The van der Waals surface area contributed by atoms with Crippen LogP contribution in [0, 0.1) is 6.92 Å². The van der Waals surface area contributed by atoms with Crippen molar-refractivity contribution in [2.45, 2.75) is 25.9 Å². The molecule has 6 heteroatoms. The van der Waals surface area contributed by atoms with E-state index in [9.17, 15) is 4.79 Å². The Bertz CT molecular complexity index is 665. The maximum Gasteiger partial charge on any atom is 0.253 e. The Morgan fingerprint density at radius 1 is 1.13 bits per heavy atom. The van der Waals surface area contributed by atoms with Crippen LogP contribution in [0.15, 0.2) is 36.4 Å². The molecule has 0 N–H and O–H groups in total. The van der Waals surface area contributed by atoms with E-state index in [0.717, 1.165) is 18.5 Å². The van der Waals surface area contributed by atoms with Crippen molar-refractivity contribution in [3.63, 3.8) is 0 Å². The molecule has 0 atom stereocenters. The van der Waals surface area contributed by atoms with E-state index in [1.165, 1.54) is 0 Å². The Labute approximate surface area is 140 Å². The molecule has 1 aromatic heterocycles. The predicted octanol–water partition coefficient (Wildman–Crippen LogP) is 3.12. The Balaban J connectivity index is 1.54. The lowest BCUT2D eigenvalue weighted by molar-refractivity contribution is 0.0586. The van der Waals surface area contributed by atoms with E-state index in [2.05, 4.69) is 10.2 Å². The lowest BCUT2D eigenvalue weighted by Gasteiger charge is -2.31. The van der Waals surface area contributed by atoms with E-state index in [1.54, 1.807) is 24.3 Å². The summed E-state index contributed by atoms with van der Waals surface area (Å²) in [4.78, 5) is 14.3. The van der Waals surface area contributed by atoms with Crippen LogP contribution in [0.4, 0.5) is 0 Å². The molecule has 3 rings (SSSR count). The normalized spacial score (nSPS) is 15.5. The van der Waals surface area contributed by atoms with Gasteiger partial charge in [0.15, 0.2) is 0 Å². The van der Waals surface area contributed by atoms with Crippen molar-refractivity contribution in [3.05, 3.63) is 52.7 Å². The first-order valence-corrected chi connectivity index (χ1v) is 8.01. The first kappa shape index (κ1) is 15.7. The molecule has 1 aliphatic rings. The van der Waals surface area contributed by atoms with E-state index < -0.39 is 0 Å². The zero-order chi connectivity index (χ0) is 16.2. The quantitative estimate of drug-likeness (QED) is 0.867. The van der Waals surface area contributed by atoms with Gasteiger partial charge >= 0.3 is 0 Å². The molecule has 1 saturated heterocycles. The molecule has 1 aliphatic heterocycles. The molecule has 5 nitrogen and oxygen atoms in total. The van der Waals surface area contributed by atoms with E-state index >= 15 is 0 Å². The van der Waals surface area contributed by atoms with Gasteiger partial charge in [-0.3, -0.25) is 4.79 Å². The van der Waals surface area contributed by atoms with Crippen LogP contribution >= 0.6 is 11.6 Å². The lowest BCUT2D eigenvalue weighted by Crippen LogP contribution is -2.41. The predicted molar refractivity (Wildman–Crippen MR) is 87.8 cm³/mol. The van der Waals surface area contributed by atoms with E-state index in [0.29, 0.717) is 29.6 Å². The second-order valence-corrected chi connectivity index (χ2v) is 6.07. The van der Waals surface area contributed by atoms with Gasteiger partial charge in [0.05, 0.1) is 5.69 Å². The van der Waals surface area contributed by atoms with Crippen molar-refractivity contribution in [1.29, 1.82) is 0 Å². The number of rotatable bonds is 3. The SMILES string of the molecule is Cc1ccc(OC2CCN(C(=O)c3ccc(Cl)cc3)CC2)nn1. The Kier molecular flexibility index (Phi) is 4.76. The molecule has 1 amide bonds. The monoisotopic (exact) mass is 331 g/mol. The highest BCUT2D eigenvalue weighted by Gasteiger charge is 2.25. The van der Waals surface area contributed by atoms with Crippen LogP contribution in [0.3, 0.4) is 0 Å². The number of likely N-dealkylation sites (tertiary alicyclic amines) is 1. The van der Waals surface area contributed by atoms with E-state index in [4.69, 9.17) is 16.3 Å². The van der Waals surface area contributed by atoms with Gasteiger partial charge in [0, 0.05) is 42.6 Å². The number of aryl methyl sites for hydroxylation is 1. The van der Waals surface area contributed by atoms with Crippen molar-refractivity contribution < 1.29 is 9.53 Å². The van der Waals surface area contributed by atoms with Gasteiger partial charge in [0.1, 0.15) is 6.10 Å². The van der Waals surface area contributed by atoms with Crippen LogP contribution in [0.1, 0.15) is 28.9 Å². The number of piperidine rings is 1. The molecule has 0 saturated carbocycles. The minimum Gasteiger partial charge on any atom is -0.473 e. The van der Waals surface area contributed by atoms with Crippen molar-refractivity contribution in [3.8, 4) is 5.88 Å². The average molecular weight is 332 g/mol. The van der Waals surface area contributed by atoms with Gasteiger partial charge in [-0.2, -0.15) is 5.10 Å². The molecule has 0 radical (unpaired) electrons. The number of hydrogen-bond donors (Lipinski definition) is 0. The first-order valence-electron chi connectivity index (χ1n) is 7.63. The fourth-order valence-electron chi connectivity index (χ4n) is 2.57. The summed E-state index contributed by atoms with van der Waals surface area (Å²) in [6.45, 7) is 3.23. The van der Waals surface area contributed by atoms with Crippen LogP contribution < -0.4 is 4.74 Å². The molecule has 0 bridgehead atoms. The van der Waals surface area contributed by atoms with Gasteiger partial charge in [-0.25, -0.2) is 0 Å². The third-order valence-corrected chi connectivity index (χ3v) is 4.13. The molecule has 2 aromatic rings. The number of carbonyl (C=O) groups excluding carboxylic acids is 1. The number of aromatic nitrogens is 2. The zero-order valence-corrected chi connectivity index (χ0v) is 13.7. The van der Waals surface area contributed by atoms with Gasteiger partial charge in [0.25, 0.3) is 5.91 Å². The smallest absolute Gasteiger partial charge is 0.253 e. The van der Waals surface area contributed by atoms with Crippen LogP contribution in [0.25, 0.3) is 0 Å². The van der Waals surface area contributed by atoms with Gasteiger partial charge in [-0.15, -0.1) is 5.10 Å². The minimum atomic E-state index is 0.0373. The van der Waals surface area contributed by atoms with Crippen LogP contribution in [0.5, 0.6) is 5.88 Å². The molecule has 1 aromatic carbocycles. The second kappa shape index (κ2) is 6.96. The molecule has 0 spiro atoms. The largest absolute Gasteiger partial charge is 0.473 e. The molecule has 2 heterocycles. The first-order chi connectivity index (χ1) is 11.1. The molecule has 0 aliphatic carbocycles. The van der Waals surface area contributed by atoms with Gasteiger partial charge in [-0.05, 0) is 37.3 Å². The highest BCUT2D eigenvalue weighted by atomic mass is 35.5. The Hall–Kier alpha value is -2.14. The summed E-state index contributed by atoms with van der Waals surface area (Å²) in [6.07, 6.45) is 1.64. The van der Waals surface area contributed by atoms with Gasteiger partial charge in [0.2, 0.25) is 5.88 Å². The fourth-order valence-corrected chi connectivity index (χ4v) is 2.70. The molecular formula is C17H18ClN3O2. The molecule has 0 unspecified atom stereocenters. The summed E-state index contributed by atoms with van der Waals surface area (Å²) in [7, 11) is 0. The molecule has 1 fully saturated rings. The standard InChI is InChI=1S/C17H18ClN3O2/c1-12-2-7-16(20-19-12)23-15-8-10-21(11-9-15)17(22)13-3-5-14(18)6-4-13/h2-7,15H,8-11H2,1H3. The summed E-state index contributed by atoms with van der Waals surface area (Å²) in [5.74, 6) is 0.577.